The van der Waals surface area contributed by atoms with Crippen molar-refractivity contribution in [2.24, 2.45) is 0 Å². The van der Waals surface area contributed by atoms with Gasteiger partial charge in [-0.1, -0.05) is 40.2 Å². The van der Waals surface area contributed by atoms with Gasteiger partial charge in [0.05, 0.1) is 0 Å². The van der Waals surface area contributed by atoms with Crippen LogP contribution >= 0.6 is 15.9 Å². The van der Waals surface area contributed by atoms with Gasteiger partial charge in [0, 0.05) is 22.1 Å². The molecule has 1 amide bonds. The van der Waals surface area contributed by atoms with Crippen LogP contribution in [0, 0.1) is 6.92 Å². The summed E-state index contributed by atoms with van der Waals surface area (Å²) in [5.41, 5.74) is 3.64. The zero-order chi connectivity index (χ0) is 16.7. The zero-order valence-electron chi connectivity index (χ0n) is 13.9. The van der Waals surface area contributed by atoms with Gasteiger partial charge < -0.3 is 4.90 Å². The van der Waals surface area contributed by atoms with Crippen molar-refractivity contribution < 1.29 is 4.79 Å². The van der Waals surface area contributed by atoms with Crippen molar-refractivity contribution in [3.05, 3.63) is 69.7 Å². The first-order valence-corrected chi connectivity index (χ1v) is 9.56. The van der Waals surface area contributed by atoms with E-state index >= 15 is 0 Å². The maximum Gasteiger partial charge on any atom is 0.254 e. The average molecular weight is 384 g/mol. The summed E-state index contributed by atoms with van der Waals surface area (Å²) >= 11 is 3.44. The molecule has 0 spiro atoms. The molecular weight excluding hydrogens is 362 g/mol. The summed E-state index contributed by atoms with van der Waals surface area (Å²) in [6, 6.07) is 17.3. The Morgan fingerprint density at radius 2 is 1.67 bits per heavy atom. The van der Waals surface area contributed by atoms with Crippen LogP contribution in [0.25, 0.3) is 0 Å². The van der Waals surface area contributed by atoms with Crippen molar-refractivity contribution >= 4 is 21.8 Å². The molecule has 4 rings (SSSR count). The summed E-state index contributed by atoms with van der Waals surface area (Å²) in [6.07, 6.45) is 4.52. The molecule has 24 heavy (non-hydrogen) atoms. The number of carbonyl (C=O) groups is 1. The van der Waals surface area contributed by atoms with Crippen molar-refractivity contribution in [1.29, 1.82) is 0 Å². The number of hydrogen-bond acceptors (Lipinski definition) is 1. The fraction of sp³-hybridized carbons (Fsp3) is 0.381. The molecule has 0 atom stereocenters. The van der Waals surface area contributed by atoms with Gasteiger partial charge in [-0.3, -0.25) is 4.79 Å². The number of aryl methyl sites for hydroxylation is 1. The summed E-state index contributed by atoms with van der Waals surface area (Å²) in [7, 11) is 0. The van der Waals surface area contributed by atoms with Crippen molar-refractivity contribution in [3.63, 3.8) is 0 Å². The summed E-state index contributed by atoms with van der Waals surface area (Å²) in [5.74, 6) is 0.813. The van der Waals surface area contributed by atoms with Crippen LogP contribution in [0.5, 0.6) is 0 Å². The fourth-order valence-corrected chi connectivity index (χ4v) is 4.10. The highest BCUT2D eigenvalue weighted by atomic mass is 79.9. The highest BCUT2D eigenvalue weighted by Crippen LogP contribution is 2.44. The van der Waals surface area contributed by atoms with Gasteiger partial charge in [-0.2, -0.15) is 0 Å². The molecule has 0 unspecified atom stereocenters. The van der Waals surface area contributed by atoms with E-state index in [1.165, 1.54) is 11.1 Å². The van der Waals surface area contributed by atoms with Crippen LogP contribution in [0.2, 0.25) is 0 Å². The molecule has 3 heteroatoms. The number of rotatable bonds is 4. The molecule has 2 aliphatic rings. The molecule has 0 bridgehead atoms. The summed E-state index contributed by atoms with van der Waals surface area (Å²) in [4.78, 5) is 15.2. The van der Waals surface area contributed by atoms with E-state index in [1.807, 2.05) is 24.3 Å². The molecule has 0 aromatic heterocycles. The van der Waals surface area contributed by atoms with E-state index in [0.29, 0.717) is 18.0 Å². The summed E-state index contributed by atoms with van der Waals surface area (Å²) in [6.45, 7) is 2.19. The molecule has 0 heterocycles. The Bertz CT molecular complexity index is 745. The van der Waals surface area contributed by atoms with Gasteiger partial charge in [-0.15, -0.1) is 0 Å². The largest absolute Gasteiger partial charge is 0.333 e. The van der Waals surface area contributed by atoms with Crippen molar-refractivity contribution in [1.82, 2.24) is 4.90 Å². The van der Waals surface area contributed by atoms with E-state index in [9.17, 15) is 4.79 Å². The Kier molecular flexibility index (Phi) is 4.21. The monoisotopic (exact) mass is 383 g/mol. The first kappa shape index (κ1) is 15.9. The predicted octanol–water partition coefficient (Wildman–Crippen LogP) is 5.31. The lowest BCUT2D eigenvalue weighted by molar-refractivity contribution is 0.0516. The number of halogens is 1. The zero-order valence-corrected chi connectivity index (χ0v) is 15.5. The van der Waals surface area contributed by atoms with E-state index in [-0.39, 0.29) is 5.91 Å². The highest BCUT2D eigenvalue weighted by molar-refractivity contribution is 9.10. The Labute approximate surface area is 152 Å². The maximum absolute atomic E-state index is 13.0. The number of hydrogen-bond donors (Lipinski definition) is 0. The molecule has 2 aromatic rings. The van der Waals surface area contributed by atoms with Crippen LogP contribution in [0.3, 0.4) is 0 Å². The Hall–Kier alpha value is -1.61. The second kappa shape index (κ2) is 6.36. The molecule has 2 aliphatic carbocycles. The maximum atomic E-state index is 13.0. The minimum Gasteiger partial charge on any atom is -0.333 e. The topological polar surface area (TPSA) is 20.3 Å². The quantitative estimate of drug-likeness (QED) is 0.700. The van der Waals surface area contributed by atoms with Gasteiger partial charge in [0.15, 0.2) is 0 Å². The van der Waals surface area contributed by atoms with Gasteiger partial charge in [-0.05, 0) is 73.9 Å². The van der Waals surface area contributed by atoms with Crippen LogP contribution < -0.4 is 0 Å². The first-order chi connectivity index (χ1) is 11.6. The fourth-order valence-electron chi connectivity index (χ4n) is 3.84. The van der Waals surface area contributed by atoms with Gasteiger partial charge >= 0.3 is 0 Å². The number of benzene rings is 2. The summed E-state index contributed by atoms with van der Waals surface area (Å²) in [5, 5.41) is 0. The van der Waals surface area contributed by atoms with Crippen LogP contribution in [0.15, 0.2) is 53.0 Å². The smallest absolute Gasteiger partial charge is 0.254 e. The Balaban J connectivity index is 1.49. The third-order valence-corrected chi connectivity index (χ3v) is 5.93. The average Bonchev–Trinajstić information content (AvgIpc) is 3.36. The van der Waals surface area contributed by atoms with Gasteiger partial charge in [0.2, 0.25) is 0 Å². The van der Waals surface area contributed by atoms with Crippen molar-refractivity contribution in [2.45, 2.75) is 50.6 Å². The lowest BCUT2D eigenvalue weighted by Gasteiger charge is -2.44. The Morgan fingerprint density at radius 3 is 2.29 bits per heavy atom. The minimum atomic E-state index is 0.207. The van der Waals surface area contributed by atoms with E-state index < -0.39 is 0 Å². The SMILES string of the molecule is Cc1ccccc1C1CC(N(C(=O)c2ccc(Br)cc2)C2CC2)C1. The lowest BCUT2D eigenvalue weighted by Crippen LogP contribution is -2.48. The lowest BCUT2D eigenvalue weighted by atomic mass is 9.73. The second-order valence-electron chi connectivity index (χ2n) is 7.13. The van der Waals surface area contributed by atoms with E-state index in [4.69, 9.17) is 0 Å². The van der Waals surface area contributed by atoms with E-state index in [1.54, 1.807) is 0 Å². The van der Waals surface area contributed by atoms with Gasteiger partial charge in [-0.25, -0.2) is 0 Å². The summed E-state index contributed by atoms with van der Waals surface area (Å²) < 4.78 is 1.01. The molecule has 0 N–H and O–H groups in total. The van der Waals surface area contributed by atoms with Crippen LogP contribution in [0.4, 0.5) is 0 Å². The Morgan fingerprint density at radius 1 is 1.00 bits per heavy atom. The van der Waals surface area contributed by atoms with Crippen molar-refractivity contribution in [3.8, 4) is 0 Å². The molecule has 2 nitrogen and oxygen atoms in total. The minimum absolute atomic E-state index is 0.207. The molecule has 2 fully saturated rings. The molecule has 2 aromatic carbocycles. The third-order valence-electron chi connectivity index (χ3n) is 5.40. The number of amides is 1. The molecule has 0 radical (unpaired) electrons. The van der Waals surface area contributed by atoms with Gasteiger partial charge in [0.25, 0.3) is 5.91 Å². The molecule has 0 aliphatic heterocycles. The standard InChI is InChI=1S/C21H22BrNO/c1-14-4-2-3-5-20(14)16-12-19(13-16)23(18-10-11-18)21(24)15-6-8-17(22)9-7-15/h2-9,16,18-19H,10-13H2,1H3. The predicted molar refractivity (Wildman–Crippen MR) is 100 cm³/mol. The normalized spacial score (nSPS) is 22.8. The second-order valence-corrected chi connectivity index (χ2v) is 8.04. The third kappa shape index (κ3) is 3.02. The molecule has 124 valence electrons. The van der Waals surface area contributed by atoms with Crippen LogP contribution in [0.1, 0.15) is 53.1 Å². The van der Waals surface area contributed by atoms with Crippen LogP contribution in [-0.4, -0.2) is 22.9 Å². The number of carbonyl (C=O) groups excluding carboxylic acids is 1. The van der Waals surface area contributed by atoms with E-state index in [0.717, 1.165) is 35.7 Å². The van der Waals surface area contributed by atoms with Gasteiger partial charge in [0.1, 0.15) is 0 Å². The molecule has 2 saturated carbocycles. The molecule has 0 saturated heterocycles. The van der Waals surface area contributed by atoms with E-state index in [2.05, 4.69) is 52.0 Å². The highest BCUT2D eigenvalue weighted by Gasteiger charge is 2.43. The van der Waals surface area contributed by atoms with Crippen LogP contribution in [-0.2, 0) is 0 Å². The first-order valence-electron chi connectivity index (χ1n) is 8.77. The molecular formula is C21H22BrNO. The van der Waals surface area contributed by atoms with Crippen molar-refractivity contribution in [2.75, 3.05) is 0 Å². The number of nitrogens with zero attached hydrogens (tertiary/aromatic N) is 1.